The highest BCUT2D eigenvalue weighted by Gasteiger charge is 2.22. The second-order valence-corrected chi connectivity index (χ2v) is 5.68. The highest BCUT2D eigenvalue weighted by molar-refractivity contribution is 5.89. The van der Waals surface area contributed by atoms with E-state index in [4.69, 9.17) is 5.73 Å². The Balaban J connectivity index is 1.96. The molecule has 0 radical (unpaired) electrons. The molecule has 0 heterocycles. The predicted octanol–water partition coefficient (Wildman–Crippen LogP) is 3.36. The van der Waals surface area contributed by atoms with Crippen LogP contribution in [0, 0.1) is 5.92 Å². The molecule has 4 nitrogen and oxygen atoms in total. The fourth-order valence-corrected chi connectivity index (χ4v) is 2.44. The van der Waals surface area contributed by atoms with E-state index in [0.717, 1.165) is 24.3 Å². The summed E-state index contributed by atoms with van der Waals surface area (Å²) >= 11 is 0. The van der Waals surface area contributed by atoms with Gasteiger partial charge < -0.3 is 16.0 Å². The lowest BCUT2D eigenvalue weighted by atomic mass is 9.85. The summed E-state index contributed by atoms with van der Waals surface area (Å²) in [4.78, 5) is 14.2. The predicted molar refractivity (Wildman–Crippen MR) is 82.7 cm³/mol. The average Bonchev–Trinajstić information content (AvgIpc) is 2.37. The van der Waals surface area contributed by atoms with Crippen LogP contribution in [0.1, 0.15) is 44.7 Å². The summed E-state index contributed by atoms with van der Waals surface area (Å²) in [5.74, 6) is 0.691. The molecule has 1 aliphatic rings. The van der Waals surface area contributed by atoms with Crippen molar-refractivity contribution in [2.24, 2.45) is 11.7 Å². The minimum atomic E-state index is -0.0240. The number of carbonyl (C=O) groups is 1. The molecule has 1 aromatic rings. The van der Waals surface area contributed by atoms with Gasteiger partial charge in [-0.15, -0.1) is 0 Å². The van der Waals surface area contributed by atoms with Gasteiger partial charge in [0.15, 0.2) is 0 Å². The van der Waals surface area contributed by atoms with Crippen LogP contribution in [0.4, 0.5) is 10.5 Å². The number of hydrogen-bond donors (Lipinski definition) is 2. The molecular weight excluding hydrogens is 250 g/mol. The van der Waals surface area contributed by atoms with Gasteiger partial charge in [0, 0.05) is 24.8 Å². The van der Waals surface area contributed by atoms with Gasteiger partial charge in [-0.25, -0.2) is 4.79 Å². The Morgan fingerprint density at radius 3 is 2.80 bits per heavy atom. The van der Waals surface area contributed by atoms with E-state index in [9.17, 15) is 4.79 Å². The Kier molecular flexibility index (Phi) is 5.01. The highest BCUT2D eigenvalue weighted by atomic mass is 16.2. The second kappa shape index (κ2) is 6.75. The lowest BCUT2D eigenvalue weighted by Crippen LogP contribution is -2.39. The van der Waals surface area contributed by atoms with Gasteiger partial charge in [0.05, 0.1) is 0 Å². The first-order valence-electron chi connectivity index (χ1n) is 7.51. The molecule has 0 aliphatic heterocycles. The number of nitrogens with zero attached hydrogens (tertiary/aromatic N) is 1. The number of anilines is 1. The smallest absolute Gasteiger partial charge is 0.321 e. The SMILES string of the molecule is CCN(CC1CCC1)C(=O)Nc1cccc(C(C)N)c1. The van der Waals surface area contributed by atoms with E-state index in [1.807, 2.05) is 43.0 Å². The Hall–Kier alpha value is -1.55. The fourth-order valence-electron chi connectivity index (χ4n) is 2.44. The van der Waals surface area contributed by atoms with Crippen molar-refractivity contribution in [3.05, 3.63) is 29.8 Å². The molecule has 3 N–H and O–H groups in total. The number of nitrogens with two attached hydrogens (primary N) is 1. The van der Waals surface area contributed by atoms with Gasteiger partial charge in [0.1, 0.15) is 0 Å². The van der Waals surface area contributed by atoms with E-state index in [1.54, 1.807) is 0 Å². The van der Waals surface area contributed by atoms with Gasteiger partial charge in [-0.2, -0.15) is 0 Å². The van der Waals surface area contributed by atoms with Crippen molar-refractivity contribution < 1.29 is 4.79 Å². The topological polar surface area (TPSA) is 58.4 Å². The average molecular weight is 275 g/mol. The molecule has 20 heavy (non-hydrogen) atoms. The summed E-state index contributed by atoms with van der Waals surface area (Å²) in [5.41, 5.74) is 7.72. The van der Waals surface area contributed by atoms with Crippen LogP contribution in [0.3, 0.4) is 0 Å². The molecule has 0 spiro atoms. The first-order chi connectivity index (χ1) is 9.60. The van der Waals surface area contributed by atoms with E-state index in [1.165, 1.54) is 19.3 Å². The number of amides is 2. The number of urea groups is 1. The molecule has 1 aliphatic carbocycles. The zero-order valence-corrected chi connectivity index (χ0v) is 12.4. The maximum Gasteiger partial charge on any atom is 0.321 e. The Morgan fingerprint density at radius 2 is 2.25 bits per heavy atom. The molecule has 1 atom stereocenters. The third kappa shape index (κ3) is 3.73. The van der Waals surface area contributed by atoms with E-state index >= 15 is 0 Å². The minimum absolute atomic E-state index is 0.0128. The highest BCUT2D eigenvalue weighted by Crippen LogP contribution is 2.27. The van der Waals surface area contributed by atoms with Gasteiger partial charge >= 0.3 is 6.03 Å². The van der Waals surface area contributed by atoms with E-state index in [0.29, 0.717) is 5.92 Å². The van der Waals surface area contributed by atoms with Crippen LogP contribution in [0.2, 0.25) is 0 Å². The first-order valence-corrected chi connectivity index (χ1v) is 7.51. The van der Waals surface area contributed by atoms with Crippen molar-refractivity contribution in [1.29, 1.82) is 0 Å². The first kappa shape index (κ1) is 14.9. The molecule has 110 valence electrons. The number of benzene rings is 1. The molecule has 4 heteroatoms. The Morgan fingerprint density at radius 1 is 1.50 bits per heavy atom. The Bertz CT molecular complexity index is 455. The molecule has 1 unspecified atom stereocenters. The van der Waals surface area contributed by atoms with Gasteiger partial charge in [-0.3, -0.25) is 0 Å². The number of carbonyl (C=O) groups excluding carboxylic acids is 1. The second-order valence-electron chi connectivity index (χ2n) is 5.68. The number of nitrogens with one attached hydrogen (secondary N) is 1. The van der Waals surface area contributed by atoms with Crippen molar-refractivity contribution in [2.45, 2.75) is 39.2 Å². The quantitative estimate of drug-likeness (QED) is 0.865. The zero-order chi connectivity index (χ0) is 14.5. The van der Waals surface area contributed by atoms with Gasteiger partial charge in [-0.1, -0.05) is 18.6 Å². The summed E-state index contributed by atoms with van der Waals surface area (Å²) in [6, 6.07) is 7.72. The van der Waals surface area contributed by atoms with E-state index in [-0.39, 0.29) is 12.1 Å². The van der Waals surface area contributed by atoms with Crippen LogP contribution in [-0.4, -0.2) is 24.0 Å². The van der Waals surface area contributed by atoms with Crippen LogP contribution in [-0.2, 0) is 0 Å². The minimum Gasteiger partial charge on any atom is -0.325 e. The standard InChI is InChI=1S/C16H25N3O/c1-3-19(11-13-6-4-7-13)16(20)18-15-9-5-8-14(10-15)12(2)17/h5,8-10,12-13H,3-4,6-7,11,17H2,1-2H3,(H,18,20). The van der Waals surface area contributed by atoms with Crippen LogP contribution in [0.25, 0.3) is 0 Å². The molecule has 0 saturated heterocycles. The maximum atomic E-state index is 12.3. The summed E-state index contributed by atoms with van der Waals surface area (Å²) in [7, 11) is 0. The molecule has 1 aromatic carbocycles. The van der Waals surface area contributed by atoms with E-state index in [2.05, 4.69) is 5.32 Å². The lowest BCUT2D eigenvalue weighted by molar-refractivity contribution is 0.182. The molecule has 0 aromatic heterocycles. The number of hydrogen-bond acceptors (Lipinski definition) is 2. The third-order valence-corrected chi connectivity index (χ3v) is 4.04. The van der Waals surface area contributed by atoms with E-state index < -0.39 is 0 Å². The normalized spacial score (nSPS) is 16.4. The van der Waals surface area contributed by atoms with Gasteiger partial charge in [0.2, 0.25) is 0 Å². The largest absolute Gasteiger partial charge is 0.325 e. The summed E-state index contributed by atoms with van der Waals surface area (Å²) in [6.45, 7) is 5.58. The zero-order valence-electron chi connectivity index (χ0n) is 12.4. The van der Waals surface area contributed by atoms with Crippen molar-refractivity contribution >= 4 is 11.7 Å². The van der Waals surface area contributed by atoms with Crippen LogP contribution in [0.15, 0.2) is 24.3 Å². The third-order valence-electron chi connectivity index (χ3n) is 4.04. The van der Waals surface area contributed by atoms with Crippen LogP contribution in [0.5, 0.6) is 0 Å². The van der Waals surface area contributed by atoms with Crippen molar-refractivity contribution in [3.8, 4) is 0 Å². The molecule has 0 bridgehead atoms. The van der Waals surface area contributed by atoms with Crippen LogP contribution < -0.4 is 11.1 Å². The number of rotatable bonds is 5. The van der Waals surface area contributed by atoms with Gasteiger partial charge in [0.25, 0.3) is 0 Å². The van der Waals surface area contributed by atoms with Crippen molar-refractivity contribution in [3.63, 3.8) is 0 Å². The van der Waals surface area contributed by atoms with Crippen LogP contribution >= 0.6 is 0 Å². The van der Waals surface area contributed by atoms with Crippen molar-refractivity contribution in [2.75, 3.05) is 18.4 Å². The summed E-state index contributed by atoms with van der Waals surface area (Å²) < 4.78 is 0. The summed E-state index contributed by atoms with van der Waals surface area (Å²) in [6.07, 6.45) is 3.81. The molecule has 1 fully saturated rings. The molecule has 1 saturated carbocycles. The Labute approximate surface area is 121 Å². The maximum absolute atomic E-state index is 12.3. The molecule has 2 rings (SSSR count). The van der Waals surface area contributed by atoms with Gasteiger partial charge in [-0.05, 0) is 50.3 Å². The fraction of sp³-hybridized carbons (Fsp3) is 0.562. The molecular formula is C16H25N3O. The van der Waals surface area contributed by atoms with Crippen molar-refractivity contribution in [1.82, 2.24) is 4.90 Å². The summed E-state index contributed by atoms with van der Waals surface area (Å²) in [5, 5.41) is 2.97. The lowest BCUT2D eigenvalue weighted by Gasteiger charge is -2.31. The monoisotopic (exact) mass is 275 g/mol. The molecule has 2 amide bonds.